The van der Waals surface area contributed by atoms with Crippen molar-refractivity contribution in [2.24, 2.45) is 0 Å². The zero-order valence-corrected chi connectivity index (χ0v) is 20.8. The van der Waals surface area contributed by atoms with Gasteiger partial charge < -0.3 is 9.04 Å². The smallest absolute Gasteiger partial charge is 0.117 e. The van der Waals surface area contributed by atoms with Gasteiger partial charge in [-0.3, -0.25) is 0 Å². The van der Waals surface area contributed by atoms with Crippen molar-refractivity contribution >= 4 is 15.7 Å². The maximum Gasteiger partial charge on any atom is 0.117 e. The highest BCUT2D eigenvalue weighted by atomic mass is 32.2. The van der Waals surface area contributed by atoms with Gasteiger partial charge in [-0.2, -0.15) is 0 Å². The van der Waals surface area contributed by atoms with Gasteiger partial charge in [0.25, 0.3) is 0 Å². The van der Waals surface area contributed by atoms with E-state index in [0.717, 1.165) is 11.0 Å². The zero-order valence-electron chi connectivity index (χ0n) is 20.0. The second kappa shape index (κ2) is 16.5. The molecule has 0 aromatic heterocycles. The number of allylic oxidation sites excluding steroid dienone is 1. The molecule has 0 atom stereocenters. The van der Waals surface area contributed by atoms with Crippen molar-refractivity contribution in [1.82, 2.24) is 0 Å². The summed E-state index contributed by atoms with van der Waals surface area (Å²) in [6.45, 7) is 16.6. The van der Waals surface area contributed by atoms with E-state index in [1.165, 1.54) is 82.0 Å². The molecule has 0 fully saturated rings. The summed E-state index contributed by atoms with van der Waals surface area (Å²) in [7, 11) is -4.28. The number of hydrogen-bond acceptors (Lipinski definition) is 3. The van der Waals surface area contributed by atoms with E-state index >= 15 is 0 Å². The fourth-order valence-corrected chi connectivity index (χ4v) is 4.20. The monoisotopic (exact) mass is 439 g/mol. The number of quaternary nitrogens is 1. The average molecular weight is 440 g/mol. The number of rotatable bonds is 14. The second-order valence-corrected chi connectivity index (χ2v) is 9.53. The van der Waals surface area contributed by atoms with E-state index in [2.05, 4.69) is 27.7 Å². The minimum absolute atomic E-state index is 0.454. The summed E-state index contributed by atoms with van der Waals surface area (Å²) in [6, 6.07) is 8.88. The van der Waals surface area contributed by atoms with Crippen LogP contribution in [-0.4, -0.2) is 43.6 Å². The molecule has 0 unspecified atom stereocenters. The molecule has 1 rings (SSSR count). The third-order valence-corrected chi connectivity index (χ3v) is 6.14. The molecule has 0 N–H and O–H groups in total. The van der Waals surface area contributed by atoms with Gasteiger partial charge in [-0.05, 0) is 43.7 Å². The largest absolute Gasteiger partial charge is 0.744 e. The Hall–Kier alpha value is -1.17. The lowest BCUT2D eigenvalue weighted by atomic mass is 10.1. The Morgan fingerprint density at radius 1 is 0.800 bits per heavy atom. The summed E-state index contributed by atoms with van der Waals surface area (Å²) in [5.41, 5.74) is 1.19. The zero-order chi connectivity index (χ0) is 22.9. The van der Waals surface area contributed by atoms with Crippen molar-refractivity contribution in [3.63, 3.8) is 0 Å². The molecule has 1 aromatic rings. The Kier molecular flexibility index (Phi) is 15.9. The number of unbranched alkanes of at least 4 members (excludes halogenated alkanes) is 4. The van der Waals surface area contributed by atoms with Crippen molar-refractivity contribution in [2.45, 2.75) is 86.0 Å². The van der Waals surface area contributed by atoms with E-state index in [9.17, 15) is 13.0 Å². The van der Waals surface area contributed by atoms with E-state index in [0.29, 0.717) is 5.57 Å². The average Bonchev–Trinajstić information content (AvgIpc) is 2.72. The molecule has 30 heavy (non-hydrogen) atoms. The molecule has 0 aliphatic rings. The Balaban J connectivity index is 0.000000579. The molecule has 0 aliphatic heterocycles. The van der Waals surface area contributed by atoms with Crippen molar-refractivity contribution < 1.29 is 17.5 Å². The molecule has 0 bridgehead atoms. The van der Waals surface area contributed by atoms with Gasteiger partial charge in [0.2, 0.25) is 0 Å². The first kappa shape index (κ1) is 28.8. The van der Waals surface area contributed by atoms with Crippen LogP contribution in [0.2, 0.25) is 0 Å². The first-order chi connectivity index (χ1) is 14.2. The van der Waals surface area contributed by atoms with E-state index in [1.807, 2.05) is 6.07 Å². The van der Waals surface area contributed by atoms with Crippen LogP contribution >= 0.6 is 0 Å². The molecule has 4 nitrogen and oxygen atoms in total. The van der Waals surface area contributed by atoms with Crippen molar-refractivity contribution in [3.05, 3.63) is 41.3 Å². The first-order valence-corrected chi connectivity index (χ1v) is 13.2. The standard InChI is InChI=1S/C16H36N.C9H10O3S/c1-5-9-13-17(14-10-6-2,15-11-7-3)16-12-8-4;1-8(7-13(10,11)12)9-5-3-2-4-6-9/h5-16H2,1-4H3;2-7H,1H3,(H,10,11,12)/q+1;/p-1. The van der Waals surface area contributed by atoms with Gasteiger partial charge in [0.15, 0.2) is 0 Å². The van der Waals surface area contributed by atoms with Crippen LogP contribution in [-0.2, 0) is 10.1 Å². The Labute approximate surface area is 186 Å². The summed E-state index contributed by atoms with van der Waals surface area (Å²) >= 11 is 0. The Bertz CT molecular complexity index is 631. The van der Waals surface area contributed by atoms with Crippen molar-refractivity contribution in [1.29, 1.82) is 0 Å². The molecule has 174 valence electrons. The van der Waals surface area contributed by atoms with Gasteiger partial charge in [-0.1, -0.05) is 83.7 Å². The van der Waals surface area contributed by atoms with Crippen LogP contribution in [0.1, 0.15) is 91.5 Å². The molecule has 0 heterocycles. The normalized spacial score (nSPS) is 12.4. The summed E-state index contributed by atoms with van der Waals surface area (Å²) in [6.07, 6.45) is 11.1. The molecule has 0 radical (unpaired) electrons. The predicted molar refractivity (Wildman–Crippen MR) is 129 cm³/mol. The molecule has 5 heteroatoms. The molecular weight excluding hydrogens is 394 g/mol. The van der Waals surface area contributed by atoms with Crippen LogP contribution in [0, 0.1) is 0 Å². The van der Waals surface area contributed by atoms with Crippen LogP contribution in [0.15, 0.2) is 35.7 Å². The summed E-state index contributed by atoms with van der Waals surface area (Å²) in [5.74, 6) is 0. The van der Waals surface area contributed by atoms with E-state index in [4.69, 9.17) is 0 Å². The van der Waals surface area contributed by atoms with Crippen LogP contribution in [0.3, 0.4) is 0 Å². The minimum Gasteiger partial charge on any atom is -0.744 e. The first-order valence-electron chi connectivity index (χ1n) is 11.8. The van der Waals surface area contributed by atoms with Crippen LogP contribution in [0.4, 0.5) is 0 Å². The lowest BCUT2D eigenvalue weighted by Gasteiger charge is -2.39. The van der Waals surface area contributed by atoms with Crippen molar-refractivity contribution in [2.75, 3.05) is 26.2 Å². The molecular formula is C25H45NO3S. The van der Waals surface area contributed by atoms with Gasteiger partial charge >= 0.3 is 0 Å². The third-order valence-electron chi connectivity index (χ3n) is 5.49. The van der Waals surface area contributed by atoms with E-state index < -0.39 is 10.1 Å². The van der Waals surface area contributed by atoms with Crippen LogP contribution in [0.25, 0.3) is 5.57 Å². The lowest BCUT2D eigenvalue weighted by Crippen LogP contribution is -2.50. The van der Waals surface area contributed by atoms with E-state index in [-0.39, 0.29) is 0 Å². The van der Waals surface area contributed by atoms with Crippen LogP contribution in [0.5, 0.6) is 0 Å². The highest BCUT2D eigenvalue weighted by molar-refractivity contribution is 7.88. The maximum atomic E-state index is 10.4. The summed E-state index contributed by atoms with van der Waals surface area (Å²) in [4.78, 5) is 0. The lowest BCUT2D eigenvalue weighted by molar-refractivity contribution is -0.929. The fourth-order valence-electron chi connectivity index (χ4n) is 3.63. The topological polar surface area (TPSA) is 57.2 Å². The van der Waals surface area contributed by atoms with Gasteiger partial charge in [0.1, 0.15) is 10.1 Å². The molecule has 0 aliphatic carbocycles. The van der Waals surface area contributed by atoms with Gasteiger partial charge in [-0.15, -0.1) is 0 Å². The maximum absolute atomic E-state index is 10.4. The van der Waals surface area contributed by atoms with Gasteiger partial charge in [0.05, 0.1) is 26.2 Å². The molecule has 1 aromatic carbocycles. The Morgan fingerprint density at radius 3 is 1.47 bits per heavy atom. The molecule has 0 spiro atoms. The van der Waals surface area contributed by atoms with Gasteiger partial charge in [0, 0.05) is 5.41 Å². The number of nitrogens with zero attached hydrogens (tertiary/aromatic N) is 1. The van der Waals surface area contributed by atoms with E-state index in [1.54, 1.807) is 31.2 Å². The second-order valence-electron chi connectivity index (χ2n) is 8.31. The molecule has 0 saturated carbocycles. The minimum atomic E-state index is -4.28. The summed E-state index contributed by atoms with van der Waals surface area (Å²) < 4.78 is 32.6. The van der Waals surface area contributed by atoms with Gasteiger partial charge in [-0.25, -0.2) is 8.42 Å². The fraction of sp³-hybridized carbons (Fsp3) is 0.680. The highest BCUT2D eigenvalue weighted by Crippen LogP contribution is 2.16. The predicted octanol–water partition coefficient (Wildman–Crippen LogP) is 6.60. The van der Waals surface area contributed by atoms with Crippen LogP contribution < -0.4 is 0 Å². The SMILES string of the molecule is CC(=CS(=O)(=O)[O-])c1ccccc1.CCCC[N+](CCCC)(CCCC)CCCC. The quantitative estimate of drug-likeness (QED) is 0.242. The molecule has 0 amide bonds. The number of benzene rings is 1. The number of hydrogen-bond donors (Lipinski definition) is 0. The summed E-state index contributed by atoms with van der Waals surface area (Å²) in [5, 5.41) is 0.725. The highest BCUT2D eigenvalue weighted by Gasteiger charge is 2.24. The third kappa shape index (κ3) is 13.9. The molecule has 0 saturated heterocycles. The Morgan fingerprint density at radius 2 is 1.17 bits per heavy atom. The van der Waals surface area contributed by atoms with Crippen molar-refractivity contribution in [3.8, 4) is 0 Å².